The maximum absolute atomic E-state index is 14.1. The van der Waals surface area contributed by atoms with Crippen molar-refractivity contribution in [2.24, 2.45) is 0 Å². The molecule has 0 spiro atoms. The standard InChI is InChI=1S/C44H49NO9/c1-44(2,3)54-41(46)28-51-31-14-12-13-30(26-31)38(22-20-29-21-23-39(49-4)40(25-29)50-5)53-42(47)37-19-10-11-24-45(37)43(48)52-27-36-34-17-8-6-15-32(34)33-16-7-9-18-35(33)36/h6-9,12-18,21,23,25-26,36-38H,10-11,19-20,22,24,27-28H2,1-5H3/t37?,38-/m1/s1. The van der Waals surface area contributed by atoms with Crippen LogP contribution in [0.5, 0.6) is 17.2 Å². The summed E-state index contributed by atoms with van der Waals surface area (Å²) >= 11 is 0. The highest BCUT2D eigenvalue weighted by molar-refractivity contribution is 5.82. The molecule has 6 rings (SSSR count). The molecule has 2 atom stereocenters. The monoisotopic (exact) mass is 735 g/mol. The Kier molecular flexibility index (Phi) is 12.1. The lowest BCUT2D eigenvalue weighted by Crippen LogP contribution is -2.49. The average molecular weight is 736 g/mol. The van der Waals surface area contributed by atoms with Crippen molar-refractivity contribution in [1.82, 2.24) is 4.90 Å². The first kappa shape index (κ1) is 38.2. The number of hydrogen-bond acceptors (Lipinski definition) is 9. The van der Waals surface area contributed by atoms with Crippen molar-refractivity contribution in [2.75, 3.05) is 34.0 Å². The Balaban J connectivity index is 1.18. The van der Waals surface area contributed by atoms with Gasteiger partial charge in [-0.3, -0.25) is 4.90 Å². The van der Waals surface area contributed by atoms with E-state index in [1.165, 1.54) is 4.90 Å². The molecule has 0 bridgehead atoms. The molecule has 1 saturated heterocycles. The van der Waals surface area contributed by atoms with Crippen LogP contribution in [-0.2, 0) is 30.2 Å². The summed E-state index contributed by atoms with van der Waals surface area (Å²) in [6.07, 6.45) is 1.74. The molecular formula is C44H49NO9. The van der Waals surface area contributed by atoms with Gasteiger partial charge in [0.2, 0.25) is 0 Å². The zero-order chi connectivity index (χ0) is 38.2. The number of carbonyl (C=O) groups excluding carboxylic acids is 3. The fraction of sp³-hybridized carbons (Fsp3) is 0.386. The van der Waals surface area contributed by atoms with Gasteiger partial charge in [-0.25, -0.2) is 14.4 Å². The predicted molar refractivity (Wildman–Crippen MR) is 204 cm³/mol. The van der Waals surface area contributed by atoms with E-state index >= 15 is 0 Å². The quantitative estimate of drug-likeness (QED) is 0.0987. The lowest BCUT2D eigenvalue weighted by Gasteiger charge is -2.34. The second-order valence-corrected chi connectivity index (χ2v) is 14.6. The van der Waals surface area contributed by atoms with Gasteiger partial charge in [0.25, 0.3) is 0 Å². The molecule has 284 valence electrons. The molecule has 1 heterocycles. The molecule has 0 saturated carbocycles. The first-order valence-corrected chi connectivity index (χ1v) is 18.5. The third-order valence-electron chi connectivity index (χ3n) is 9.75. The fourth-order valence-electron chi connectivity index (χ4n) is 7.24. The highest BCUT2D eigenvalue weighted by atomic mass is 16.6. The van der Waals surface area contributed by atoms with Crippen LogP contribution in [0.4, 0.5) is 4.79 Å². The Morgan fingerprint density at radius 2 is 1.52 bits per heavy atom. The molecule has 10 heteroatoms. The summed E-state index contributed by atoms with van der Waals surface area (Å²) in [6.45, 7) is 5.67. The smallest absolute Gasteiger partial charge is 0.410 e. The van der Waals surface area contributed by atoms with E-state index in [4.69, 9.17) is 28.4 Å². The van der Waals surface area contributed by atoms with Crippen LogP contribution in [0.2, 0.25) is 0 Å². The number of esters is 2. The van der Waals surface area contributed by atoms with Crippen molar-refractivity contribution < 1.29 is 42.8 Å². The van der Waals surface area contributed by atoms with Crippen LogP contribution in [0.1, 0.15) is 80.7 Å². The van der Waals surface area contributed by atoms with Crippen LogP contribution < -0.4 is 14.2 Å². The number of hydrogen-bond donors (Lipinski definition) is 0. The summed E-state index contributed by atoms with van der Waals surface area (Å²) in [4.78, 5) is 41.7. The number of fused-ring (bicyclic) bond motifs is 3. The van der Waals surface area contributed by atoms with Crippen LogP contribution >= 0.6 is 0 Å². The van der Waals surface area contributed by atoms with Crippen LogP contribution in [-0.4, -0.2) is 68.6 Å². The number of benzene rings is 4. The predicted octanol–water partition coefficient (Wildman–Crippen LogP) is 8.45. The van der Waals surface area contributed by atoms with E-state index in [-0.39, 0.29) is 19.1 Å². The van der Waals surface area contributed by atoms with E-state index in [2.05, 4.69) is 24.3 Å². The van der Waals surface area contributed by atoms with Crippen LogP contribution in [0.25, 0.3) is 11.1 Å². The number of rotatable bonds is 13. The molecule has 1 amide bonds. The normalized spacial score (nSPS) is 15.7. The zero-order valence-electron chi connectivity index (χ0n) is 31.7. The zero-order valence-corrected chi connectivity index (χ0v) is 31.7. The Bertz CT molecular complexity index is 1900. The molecule has 0 aromatic heterocycles. The van der Waals surface area contributed by atoms with Gasteiger partial charge in [-0.05, 0) is 111 Å². The van der Waals surface area contributed by atoms with Gasteiger partial charge >= 0.3 is 18.0 Å². The Morgan fingerprint density at radius 1 is 0.815 bits per heavy atom. The average Bonchev–Trinajstić information content (AvgIpc) is 3.50. The highest BCUT2D eigenvalue weighted by Crippen LogP contribution is 2.44. The SMILES string of the molecule is COc1ccc(CC[C@@H](OC(=O)C2CCCCN2C(=O)OCC2c3ccccc3-c3ccccc32)c2cccc(OCC(=O)OC(C)(C)C)c2)cc1OC. The van der Waals surface area contributed by atoms with Crippen molar-refractivity contribution in [3.63, 3.8) is 0 Å². The Hall–Kier alpha value is -5.51. The van der Waals surface area contributed by atoms with Gasteiger partial charge in [0.05, 0.1) is 14.2 Å². The van der Waals surface area contributed by atoms with E-state index in [9.17, 15) is 14.4 Å². The van der Waals surface area contributed by atoms with Crippen molar-refractivity contribution in [3.05, 3.63) is 113 Å². The Labute approximate surface area is 317 Å². The van der Waals surface area contributed by atoms with E-state index < -0.39 is 35.8 Å². The molecule has 4 aromatic carbocycles. The third-order valence-corrected chi connectivity index (χ3v) is 9.75. The van der Waals surface area contributed by atoms with Gasteiger partial charge in [-0.2, -0.15) is 0 Å². The highest BCUT2D eigenvalue weighted by Gasteiger charge is 2.37. The summed E-state index contributed by atoms with van der Waals surface area (Å²) in [5, 5.41) is 0. The second kappa shape index (κ2) is 17.1. The first-order chi connectivity index (χ1) is 26.0. The summed E-state index contributed by atoms with van der Waals surface area (Å²) in [6, 6.07) is 28.4. The number of carbonyl (C=O) groups is 3. The molecule has 0 N–H and O–H groups in total. The largest absolute Gasteiger partial charge is 0.493 e. The van der Waals surface area contributed by atoms with Crippen molar-refractivity contribution in [2.45, 2.75) is 76.5 Å². The van der Waals surface area contributed by atoms with E-state index in [0.717, 1.165) is 40.7 Å². The van der Waals surface area contributed by atoms with Crippen LogP contribution in [0, 0.1) is 0 Å². The van der Waals surface area contributed by atoms with Gasteiger partial charge in [0.15, 0.2) is 18.1 Å². The summed E-state index contributed by atoms with van der Waals surface area (Å²) in [5.74, 6) is 0.563. The lowest BCUT2D eigenvalue weighted by atomic mass is 9.98. The fourth-order valence-corrected chi connectivity index (χ4v) is 7.24. The molecule has 10 nitrogen and oxygen atoms in total. The topological polar surface area (TPSA) is 110 Å². The summed E-state index contributed by atoms with van der Waals surface area (Å²) < 4.78 is 34.4. The molecule has 2 aliphatic rings. The minimum atomic E-state index is -0.801. The van der Waals surface area contributed by atoms with E-state index in [1.54, 1.807) is 53.2 Å². The number of methoxy groups -OCH3 is 2. The van der Waals surface area contributed by atoms with Crippen LogP contribution in [0.3, 0.4) is 0 Å². The molecule has 0 radical (unpaired) electrons. The third kappa shape index (κ3) is 9.16. The summed E-state index contributed by atoms with van der Waals surface area (Å²) in [7, 11) is 3.17. The van der Waals surface area contributed by atoms with E-state index in [1.807, 2.05) is 48.5 Å². The number of aryl methyl sites for hydroxylation is 1. The van der Waals surface area contributed by atoms with Gasteiger partial charge < -0.3 is 28.4 Å². The number of likely N-dealkylation sites (tertiary alicyclic amines) is 1. The minimum Gasteiger partial charge on any atom is -0.493 e. The summed E-state index contributed by atoms with van der Waals surface area (Å²) in [5.41, 5.74) is 5.54. The maximum Gasteiger partial charge on any atom is 0.410 e. The van der Waals surface area contributed by atoms with Gasteiger partial charge in [0.1, 0.15) is 30.1 Å². The second-order valence-electron chi connectivity index (χ2n) is 14.6. The number of amides is 1. The van der Waals surface area contributed by atoms with Gasteiger partial charge in [-0.1, -0.05) is 66.7 Å². The maximum atomic E-state index is 14.1. The van der Waals surface area contributed by atoms with Gasteiger partial charge in [0, 0.05) is 12.5 Å². The first-order valence-electron chi connectivity index (χ1n) is 18.5. The minimum absolute atomic E-state index is 0.0951. The number of nitrogens with zero attached hydrogens (tertiary/aromatic N) is 1. The van der Waals surface area contributed by atoms with E-state index in [0.29, 0.717) is 48.6 Å². The lowest BCUT2D eigenvalue weighted by molar-refractivity contribution is -0.157. The van der Waals surface area contributed by atoms with Crippen molar-refractivity contribution in [1.29, 1.82) is 0 Å². The molecule has 54 heavy (non-hydrogen) atoms. The molecule has 1 aliphatic heterocycles. The molecular weight excluding hydrogens is 686 g/mol. The van der Waals surface area contributed by atoms with Crippen molar-refractivity contribution >= 4 is 18.0 Å². The van der Waals surface area contributed by atoms with Crippen molar-refractivity contribution in [3.8, 4) is 28.4 Å². The molecule has 1 fully saturated rings. The Morgan fingerprint density at radius 3 is 2.20 bits per heavy atom. The molecule has 1 aliphatic carbocycles. The van der Waals surface area contributed by atoms with Gasteiger partial charge in [-0.15, -0.1) is 0 Å². The van der Waals surface area contributed by atoms with Crippen LogP contribution in [0.15, 0.2) is 91.0 Å². The molecule has 4 aromatic rings. The number of ether oxygens (including phenoxy) is 6. The number of piperidine rings is 1. The molecule has 1 unspecified atom stereocenters.